The lowest BCUT2D eigenvalue weighted by molar-refractivity contribution is -0.127. The summed E-state index contributed by atoms with van der Waals surface area (Å²) in [7, 11) is 0. The second-order valence-electron chi connectivity index (χ2n) is 8.32. The van der Waals surface area contributed by atoms with E-state index < -0.39 is 0 Å². The summed E-state index contributed by atoms with van der Waals surface area (Å²) < 4.78 is 0. The summed E-state index contributed by atoms with van der Waals surface area (Å²) in [4.78, 5) is 17.8. The van der Waals surface area contributed by atoms with Crippen LogP contribution in [0.1, 0.15) is 64.2 Å². The van der Waals surface area contributed by atoms with Gasteiger partial charge in [-0.2, -0.15) is 0 Å². The molecule has 0 aromatic heterocycles. The minimum absolute atomic E-state index is 0.247. The van der Waals surface area contributed by atoms with Crippen molar-refractivity contribution in [2.24, 2.45) is 5.92 Å². The van der Waals surface area contributed by atoms with E-state index in [0.717, 1.165) is 25.0 Å². The van der Waals surface area contributed by atoms with Crippen LogP contribution >= 0.6 is 0 Å². The van der Waals surface area contributed by atoms with E-state index in [1.807, 2.05) is 0 Å². The number of amides is 1. The number of hydrogen-bond acceptors (Lipinski definition) is 3. The van der Waals surface area contributed by atoms with E-state index >= 15 is 0 Å². The largest absolute Gasteiger partial charge is 0.353 e. The van der Waals surface area contributed by atoms with Gasteiger partial charge in [-0.25, -0.2) is 0 Å². The van der Waals surface area contributed by atoms with Crippen LogP contribution in [0.15, 0.2) is 0 Å². The zero-order valence-corrected chi connectivity index (χ0v) is 14.5. The second kappa shape index (κ2) is 7.10. The maximum absolute atomic E-state index is 12.4. The fourth-order valence-corrected chi connectivity index (χ4v) is 4.98. The SMILES string of the molecule is O=C(NC1CC1)[C@H]1CCCN(C2CCN(C3CCCC3)CC2)C1. The first-order valence-corrected chi connectivity index (χ1v) is 10.1. The van der Waals surface area contributed by atoms with Gasteiger partial charge in [0.25, 0.3) is 0 Å². The quantitative estimate of drug-likeness (QED) is 0.864. The van der Waals surface area contributed by atoms with E-state index in [1.165, 1.54) is 77.4 Å². The van der Waals surface area contributed by atoms with Crippen LogP contribution in [0.3, 0.4) is 0 Å². The third kappa shape index (κ3) is 3.90. The molecule has 0 unspecified atom stereocenters. The van der Waals surface area contributed by atoms with Crippen molar-refractivity contribution >= 4 is 5.91 Å². The van der Waals surface area contributed by atoms with Crippen LogP contribution in [0.2, 0.25) is 0 Å². The Balaban J connectivity index is 1.25. The molecule has 130 valence electrons. The maximum atomic E-state index is 12.4. The molecule has 4 fully saturated rings. The molecule has 0 spiro atoms. The first kappa shape index (κ1) is 15.9. The first-order chi connectivity index (χ1) is 11.3. The molecule has 2 aliphatic heterocycles. The number of piperidine rings is 2. The highest BCUT2D eigenvalue weighted by molar-refractivity contribution is 5.79. The van der Waals surface area contributed by atoms with Crippen molar-refractivity contribution in [3.63, 3.8) is 0 Å². The van der Waals surface area contributed by atoms with E-state index in [4.69, 9.17) is 0 Å². The smallest absolute Gasteiger partial charge is 0.224 e. The van der Waals surface area contributed by atoms with Gasteiger partial charge in [0.05, 0.1) is 5.92 Å². The molecule has 0 bridgehead atoms. The average molecular weight is 319 g/mol. The van der Waals surface area contributed by atoms with Crippen molar-refractivity contribution in [3.8, 4) is 0 Å². The summed E-state index contributed by atoms with van der Waals surface area (Å²) in [6.07, 6.45) is 13.0. The summed E-state index contributed by atoms with van der Waals surface area (Å²) in [6, 6.07) is 2.12. The Morgan fingerprint density at radius 1 is 0.739 bits per heavy atom. The van der Waals surface area contributed by atoms with E-state index in [-0.39, 0.29) is 5.92 Å². The van der Waals surface area contributed by atoms with Crippen LogP contribution in [0, 0.1) is 5.92 Å². The minimum atomic E-state index is 0.247. The molecule has 1 N–H and O–H groups in total. The molecule has 4 heteroatoms. The number of likely N-dealkylation sites (tertiary alicyclic amines) is 2. The Bertz CT molecular complexity index is 409. The summed E-state index contributed by atoms with van der Waals surface area (Å²) in [5.41, 5.74) is 0. The Kier molecular flexibility index (Phi) is 4.91. The Morgan fingerprint density at radius 3 is 2.13 bits per heavy atom. The summed E-state index contributed by atoms with van der Waals surface area (Å²) >= 11 is 0. The van der Waals surface area contributed by atoms with E-state index in [2.05, 4.69) is 15.1 Å². The predicted octanol–water partition coefficient (Wildman–Crippen LogP) is 2.38. The average Bonchev–Trinajstić information content (AvgIpc) is 3.24. The van der Waals surface area contributed by atoms with Crippen molar-refractivity contribution < 1.29 is 4.79 Å². The Morgan fingerprint density at radius 2 is 1.43 bits per heavy atom. The standard InChI is InChI=1S/C19H33N3O/c23-19(20-16-7-8-16)15-4-3-11-22(14-15)18-9-12-21(13-10-18)17-5-1-2-6-17/h15-18H,1-14H2,(H,20,23)/t15-/m0/s1. The van der Waals surface area contributed by atoms with E-state index in [1.54, 1.807) is 0 Å². The van der Waals surface area contributed by atoms with Crippen molar-refractivity contribution in [1.29, 1.82) is 0 Å². The van der Waals surface area contributed by atoms with Gasteiger partial charge < -0.3 is 10.2 Å². The van der Waals surface area contributed by atoms with Crippen LogP contribution in [-0.4, -0.2) is 60.0 Å². The molecular formula is C19H33N3O. The summed E-state index contributed by atoms with van der Waals surface area (Å²) in [5.74, 6) is 0.581. The van der Waals surface area contributed by atoms with Crippen LogP contribution in [0.25, 0.3) is 0 Å². The van der Waals surface area contributed by atoms with Gasteiger partial charge in [0.1, 0.15) is 0 Å². The lowest BCUT2D eigenvalue weighted by Gasteiger charge is -2.43. The van der Waals surface area contributed by atoms with Crippen molar-refractivity contribution in [2.45, 2.75) is 82.3 Å². The molecule has 0 aromatic carbocycles. The molecule has 23 heavy (non-hydrogen) atoms. The monoisotopic (exact) mass is 319 g/mol. The number of nitrogens with zero attached hydrogens (tertiary/aromatic N) is 2. The highest BCUT2D eigenvalue weighted by Gasteiger charge is 2.34. The van der Waals surface area contributed by atoms with Gasteiger partial charge in [-0.15, -0.1) is 0 Å². The third-order valence-electron chi connectivity index (χ3n) is 6.60. The summed E-state index contributed by atoms with van der Waals surface area (Å²) in [6.45, 7) is 4.78. The molecule has 0 radical (unpaired) electrons. The Hall–Kier alpha value is -0.610. The molecule has 2 aliphatic carbocycles. The van der Waals surface area contributed by atoms with Gasteiger partial charge >= 0.3 is 0 Å². The van der Waals surface area contributed by atoms with Gasteiger partial charge in [0, 0.05) is 24.7 Å². The van der Waals surface area contributed by atoms with Crippen LogP contribution in [0.5, 0.6) is 0 Å². The minimum Gasteiger partial charge on any atom is -0.353 e. The topological polar surface area (TPSA) is 35.6 Å². The number of nitrogens with one attached hydrogen (secondary N) is 1. The number of carbonyl (C=O) groups excluding carboxylic acids is 1. The molecule has 4 aliphatic rings. The fraction of sp³-hybridized carbons (Fsp3) is 0.947. The molecule has 1 amide bonds. The predicted molar refractivity (Wildman–Crippen MR) is 92.3 cm³/mol. The third-order valence-corrected chi connectivity index (χ3v) is 6.60. The molecule has 1 atom stereocenters. The van der Waals surface area contributed by atoms with Crippen molar-refractivity contribution in [3.05, 3.63) is 0 Å². The Labute approximate surface area is 141 Å². The van der Waals surface area contributed by atoms with Gasteiger partial charge in [-0.3, -0.25) is 9.69 Å². The van der Waals surface area contributed by atoms with Crippen LogP contribution < -0.4 is 5.32 Å². The molecule has 4 nitrogen and oxygen atoms in total. The van der Waals surface area contributed by atoms with Crippen molar-refractivity contribution in [1.82, 2.24) is 15.1 Å². The molecular weight excluding hydrogens is 286 g/mol. The van der Waals surface area contributed by atoms with E-state index in [0.29, 0.717) is 11.9 Å². The van der Waals surface area contributed by atoms with E-state index in [9.17, 15) is 4.79 Å². The zero-order chi connectivity index (χ0) is 15.6. The maximum Gasteiger partial charge on any atom is 0.224 e. The highest BCUT2D eigenvalue weighted by Crippen LogP contribution is 2.29. The fourth-order valence-electron chi connectivity index (χ4n) is 4.98. The first-order valence-electron chi connectivity index (χ1n) is 10.1. The molecule has 0 aromatic rings. The van der Waals surface area contributed by atoms with Crippen molar-refractivity contribution in [2.75, 3.05) is 26.2 Å². The normalized spacial score (nSPS) is 32.3. The lowest BCUT2D eigenvalue weighted by atomic mass is 9.93. The molecule has 2 heterocycles. The van der Waals surface area contributed by atoms with Gasteiger partial charge in [-0.1, -0.05) is 12.8 Å². The van der Waals surface area contributed by atoms with Crippen LogP contribution in [0.4, 0.5) is 0 Å². The summed E-state index contributed by atoms with van der Waals surface area (Å²) in [5, 5.41) is 3.22. The van der Waals surface area contributed by atoms with Gasteiger partial charge in [0.2, 0.25) is 5.91 Å². The molecule has 2 saturated carbocycles. The van der Waals surface area contributed by atoms with Crippen LogP contribution in [-0.2, 0) is 4.79 Å². The molecule has 4 rings (SSSR count). The number of hydrogen-bond donors (Lipinski definition) is 1. The zero-order valence-electron chi connectivity index (χ0n) is 14.5. The highest BCUT2D eigenvalue weighted by atomic mass is 16.2. The number of rotatable bonds is 4. The number of carbonyl (C=O) groups is 1. The lowest BCUT2D eigenvalue weighted by Crippen LogP contribution is -2.52. The molecule has 2 saturated heterocycles. The second-order valence-corrected chi connectivity index (χ2v) is 8.32. The van der Waals surface area contributed by atoms with Gasteiger partial charge in [0.15, 0.2) is 0 Å². The van der Waals surface area contributed by atoms with Gasteiger partial charge in [-0.05, 0) is 71.0 Å².